The van der Waals surface area contributed by atoms with Crippen molar-refractivity contribution in [3.63, 3.8) is 0 Å². The fourth-order valence-corrected chi connectivity index (χ4v) is 1.78. The highest BCUT2D eigenvalue weighted by Gasteiger charge is 2.13. The molecule has 0 radical (unpaired) electrons. The van der Waals surface area contributed by atoms with E-state index < -0.39 is 0 Å². The highest BCUT2D eigenvalue weighted by Crippen LogP contribution is 2.33. The van der Waals surface area contributed by atoms with Crippen LogP contribution in [0.2, 0.25) is 0 Å². The highest BCUT2D eigenvalue weighted by molar-refractivity contribution is 5.82. The van der Waals surface area contributed by atoms with Gasteiger partial charge in [-0.3, -0.25) is 4.99 Å². The zero-order valence-electron chi connectivity index (χ0n) is 9.04. The summed E-state index contributed by atoms with van der Waals surface area (Å²) < 4.78 is 0. The van der Waals surface area contributed by atoms with Gasteiger partial charge in [0.15, 0.2) is 0 Å². The van der Waals surface area contributed by atoms with Crippen LogP contribution in [0.1, 0.15) is 18.1 Å². The number of aliphatic imine (C=N–C) groups is 1. The van der Waals surface area contributed by atoms with Crippen LogP contribution in [0.25, 0.3) is 0 Å². The van der Waals surface area contributed by atoms with Crippen LogP contribution >= 0.6 is 0 Å². The molecule has 0 amide bonds. The van der Waals surface area contributed by atoms with Crippen LogP contribution in [0.15, 0.2) is 17.1 Å². The molecule has 1 aromatic rings. The Labute approximate surface area is 85.3 Å². The van der Waals surface area contributed by atoms with E-state index in [0.29, 0.717) is 0 Å². The predicted molar refractivity (Wildman–Crippen MR) is 62.0 cm³/mol. The Kier molecular flexibility index (Phi) is 2.28. The molecule has 0 saturated carbocycles. The minimum atomic E-state index is 0.937. The summed E-state index contributed by atoms with van der Waals surface area (Å²) in [5.74, 6) is 0. The molecule has 0 atom stereocenters. The third-order valence-electron chi connectivity index (χ3n) is 2.85. The van der Waals surface area contributed by atoms with E-state index in [1.807, 2.05) is 6.21 Å². The number of benzene rings is 1. The number of hydrogen-bond donors (Lipinski definition) is 0. The van der Waals surface area contributed by atoms with Crippen molar-refractivity contribution in [2.45, 2.75) is 20.8 Å². The van der Waals surface area contributed by atoms with Gasteiger partial charge >= 0.3 is 0 Å². The molecule has 1 aliphatic rings. The third-order valence-corrected chi connectivity index (χ3v) is 2.85. The fraction of sp³-hybridized carbons (Fsp3) is 0.417. The van der Waals surface area contributed by atoms with E-state index in [0.717, 1.165) is 18.8 Å². The van der Waals surface area contributed by atoms with Crippen LogP contribution in [0.3, 0.4) is 0 Å². The van der Waals surface area contributed by atoms with Crippen LogP contribution in [0.5, 0.6) is 0 Å². The van der Waals surface area contributed by atoms with E-state index in [4.69, 9.17) is 0 Å². The quantitative estimate of drug-likeness (QED) is 0.661. The van der Waals surface area contributed by atoms with Gasteiger partial charge in [-0.1, -0.05) is 0 Å². The molecular formula is C12H16N2. The molecule has 0 fully saturated rings. The first-order valence-corrected chi connectivity index (χ1v) is 5.11. The van der Waals surface area contributed by atoms with E-state index in [1.165, 1.54) is 16.8 Å². The number of nitrogens with zero attached hydrogens (tertiary/aromatic N) is 2. The minimum absolute atomic E-state index is 0.937. The van der Waals surface area contributed by atoms with Gasteiger partial charge in [0.25, 0.3) is 0 Å². The van der Waals surface area contributed by atoms with E-state index in [9.17, 15) is 0 Å². The topological polar surface area (TPSA) is 15.6 Å². The molecule has 0 N–H and O–H groups in total. The van der Waals surface area contributed by atoms with Crippen molar-refractivity contribution < 1.29 is 0 Å². The Balaban J connectivity index is 2.54. The van der Waals surface area contributed by atoms with E-state index in [-0.39, 0.29) is 0 Å². The summed E-state index contributed by atoms with van der Waals surface area (Å²) in [5.41, 5.74) is 5.05. The molecule has 0 unspecified atom stereocenters. The lowest BCUT2D eigenvalue weighted by Gasteiger charge is -2.26. The maximum Gasteiger partial charge on any atom is 0.0862 e. The van der Waals surface area contributed by atoms with Crippen LogP contribution in [0, 0.1) is 13.8 Å². The fourth-order valence-electron chi connectivity index (χ4n) is 1.78. The summed E-state index contributed by atoms with van der Waals surface area (Å²) in [6, 6.07) is 4.41. The highest BCUT2D eigenvalue weighted by atomic mass is 15.2. The van der Waals surface area contributed by atoms with Gasteiger partial charge in [-0.05, 0) is 44.0 Å². The standard InChI is InChI=1S/C12H16N2/c1-4-14-6-5-13-11-7-9(2)10(3)8-12(11)14/h5,7-8H,4,6H2,1-3H3. The first-order valence-electron chi connectivity index (χ1n) is 5.11. The second-order valence-corrected chi connectivity index (χ2v) is 3.78. The summed E-state index contributed by atoms with van der Waals surface area (Å²) in [6.07, 6.45) is 1.99. The minimum Gasteiger partial charge on any atom is -0.365 e. The molecule has 1 aliphatic heterocycles. The number of anilines is 1. The van der Waals surface area contributed by atoms with Gasteiger partial charge in [0.05, 0.1) is 17.9 Å². The summed E-state index contributed by atoms with van der Waals surface area (Å²) in [5, 5.41) is 0. The van der Waals surface area contributed by atoms with E-state index >= 15 is 0 Å². The van der Waals surface area contributed by atoms with Crippen molar-refractivity contribution in [2.75, 3.05) is 18.0 Å². The molecular weight excluding hydrogens is 172 g/mol. The van der Waals surface area contributed by atoms with Crippen LogP contribution < -0.4 is 4.90 Å². The van der Waals surface area contributed by atoms with Gasteiger partial charge in [-0.2, -0.15) is 0 Å². The normalized spacial score (nSPS) is 14.4. The van der Waals surface area contributed by atoms with Crippen LogP contribution in [-0.4, -0.2) is 19.3 Å². The lowest BCUT2D eigenvalue weighted by atomic mass is 10.1. The Bertz CT molecular complexity index is 380. The van der Waals surface area contributed by atoms with Crippen molar-refractivity contribution in [3.05, 3.63) is 23.3 Å². The SMILES string of the molecule is CCN1CC=Nc2cc(C)c(C)cc21. The lowest BCUT2D eigenvalue weighted by Crippen LogP contribution is -2.27. The molecule has 0 spiro atoms. The van der Waals surface area contributed by atoms with Crippen molar-refractivity contribution >= 4 is 17.6 Å². The van der Waals surface area contributed by atoms with Gasteiger partial charge in [0.1, 0.15) is 0 Å². The maximum absolute atomic E-state index is 4.43. The van der Waals surface area contributed by atoms with Crippen LogP contribution in [0.4, 0.5) is 11.4 Å². The first-order chi connectivity index (χ1) is 6.72. The molecule has 2 rings (SSSR count). The molecule has 2 heteroatoms. The van der Waals surface area contributed by atoms with Crippen molar-refractivity contribution in [1.29, 1.82) is 0 Å². The Morgan fingerprint density at radius 1 is 1.29 bits per heavy atom. The molecule has 0 saturated heterocycles. The van der Waals surface area contributed by atoms with Gasteiger partial charge in [0.2, 0.25) is 0 Å². The second kappa shape index (κ2) is 3.45. The van der Waals surface area contributed by atoms with Crippen LogP contribution in [-0.2, 0) is 0 Å². The summed E-state index contributed by atoms with van der Waals surface area (Å²) in [4.78, 5) is 6.77. The van der Waals surface area contributed by atoms with Crippen molar-refractivity contribution in [2.24, 2.45) is 4.99 Å². The smallest absolute Gasteiger partial charge is 0.0862 e. The molecule has 0 aliphatic carbocycles. The lowest BCUT2D eigenvalue weighted by molar-refractivity contribution is 0.919. The van der Waals surface area contributed by atoms with Gasteiger partial charge in [-0.25, -0.2) is 0 Å². The molecule has 14 heavy (non-hydrogen) atoms. The molecule has 0 bridgehead atoms. The summed E-state index contributed by atoms with van der Waals surface area (Å²) in [7, 11) is 0. The van der Waals surface area contributed by atoms with Gasteiger partial charge in [-0.15, -0.1) is 0 Å². The largest absolute Gasteiger partial charge is 0.365 e. The average molecular weight is 188 g/mol. The maximum atomic E-state index is 4.43. The Hall–Kier alpha value is -1.31. The average Bonchev–Trinajstić information content (AvgIpc) is 2.19. The van der Waals surface area contributed by atoms with E-state index in [1.54, 1.807) is 0 Å². The number of fused-ring (bicyclic) bond motifs is 1. The predicted octanol–water partition coefficient (Wildman–Crippen LogP) is 2.85. The summed E-state index contributed by atoms with van der Waals surface area (Å²) in [6.45, 7) is 8.45. The first kappa shape index (κ1) is 9.25. The van der Waals surface area contributed by atoms with Crippen molar-refractivity contribution in [1.82, 2.24) is 0 Å². The number of hydrogen-bond acceptors (Lipinski definition) is 2. The molecule has 74 valence electrons. The molecule has 1 aromatic carbocycles. The Morgan fingerprint density at radius 3 is 2.71 bits per heavy atom. The third kappa shape index (κ3) is 1.41. The number of aryl methyl sites for hydroxylation is 2. The number of rotatable bonds is 1. The zero-order valence-corrected chi connectivity index (χ0v) is 9.04. The van der Waals surface area contributed by atoms with E-state index in [2.05, 4.69) is 42.8 Å². The monoisotopic (exact) mass is 188 g/mol. The van der Waals surface area contributed by atoms with Gasteiger partial charge in [0, 0.05) is 12.8 Å². The van der Waals surface area contributed by atoms with Crippen molar-refractivity contribution in [3.8, 4) is 0 Å². The molecule has 2 nitrogen and oxygen atoms in total. The molecule has 1 heterocycles. The Morgan fingerprint density at radius 2 is 2.00 bits per heavy atom. The summed E-state index contributed by atoms with van der Waals surface area (Å²) >= 11 is 0. The zero-order chi connectivity index (χ0) is 10.1. The van der Waals surface area contributed by atoms with Gasteiger partial charge < -0.3 is 4.90 Å². The molecule has 0 aromatic heterocycles. The second-order valence-electron chi connectivity index (χ2n) is 3.78.